The maximum Gasteiger partial charge on any atom is 0.295 e. The second kappa shape index (κ2) is 6.29. The highest BCUT2D eigenvalue weighted by molar-refractivity contribution is 5.62. The molecule has 0 unspecified atom stereocenters. The molecule has 6 nitrogen and oxygen atoms in total. The van der Waals surface area contributed by atoms with Crippen LogP contribution in [0, 0.1) is 21.7 Å². The number of nitrogens with zero attached hydrogens (tertiary/aromatic N) is 3. The van der Waals surface area contributed by atoms with Gasteiger partial charge in [0.05, 0.1) is 17.2 Å². The van der Waals surface area contributed by atoms with Gasteiger partial charge in [-0.15, -0.1) is 0 Å². The Morgan fingerprint density at radius 2 is 2.14 bits per heavy atom. The zero-order valence-electron chi connectivity index (χ0n) is 11.3. The predicted octanol–water partition coefficient (Wildman–Crippen LogP) is 3.09. The Bertz CT molecular complexity index is 658. The fourth-order valence-corrected chi connectivity index (χ4v) is 1.96. The van der Waals surface area contributed by atoms with Crippen LogP contribution < -0.4 is 5.32 Å². The summed E-state index contributed by atoms with van der Waals surface area (Å²) in [6, 6.07) is 3.38. The standard InChI is InChI=1S/C13H14F2N4O2/c1-2-7-18-9(5-6-17-18)8-16-13-11(19(20)21)4-3-10(14)12(13)15/h3-6,16H,2,7-8H2,1H3. The first-order valence-electron chi connectivity index (χ1n) is 6.41. The summed E-state index contributed by atoms with van der Waals surface area (Å²) >= 11 is 0. The fraction of sp³-hybridized carbons (Fsp3) is 0.308. The third-order valence-electron chi connectivity index (χ3n) is 2.96. The molecule has 1 N–H and O–H groups in total. The molecule has 0 aliphatic heterocycles. The van der Waals surface area contributed by atoms with Crippen LogP contribution in [0.3, 0.4) is 0 Å². The largest absolute Gasteiger partial charge is 0.371 e. The minimum absolute atomic E-state index is 0.112. The zero-order chi connectivity index (χ0) is 15.4. The molecule has 0 bridgehead atoms. The Labute approximate surface area is 119 Å². The van der Waals surface area contributed by atoms with E-state index >= 15 is 0 Å². The molecule has 0 fully saturated rings. The Morgan fingerprint density at radius 1 is 1.38 bits per heavy atom. The summed E-state index contributed by atoms with van der Waals surface area (Å²) in [5, 5.41) is 17.6. The van der Waals surface area contributed by atoms with E-state index in [9.17, 15) is 18.9 Å². The van der Waals surface area contributed by atoms with Crippen molar-refractivity contribution in [3.05, 3.63) is 51.8 Å². The van der Waals surface area contributed by atoms with E-state index in [2.05, 4.69) is 10.4 Å². The lowest BCUT2D eigenvalue weighted by molar-refractivity contribution is -0.384. The van der Waals surface area contributed by atoms with E-state index in [1.165, 1.54) is 0 Å². The number of rotatable bonds is 6. The minimum atomic E-state index is -1.26. The highest BCUT2D eigenvalue weighted by Gasteiger charge is 2.21. The third kappa shape index (κ3) is 3.15. The van der Waals surface area contributed by atoms with Crippen LogP contribution in [0.1, 0.15) is 19.0 Å². The number of nitro groups is 1. The van der Waals surface area contributed by atoms with Crippen LogP contribution in [-0.4, -0.2) is 14.7 Å². The second-order valence-electron chi connectivity index (χ2n) is 4.41. The molecule has 0 aliphatic carbocycles. The number of anilines is 1. The first-order valence-corrected chi connectivity index (χ1v) is 6.41. The maximum atomic E-state index is 13.7. The Morgan fingerprint density at radius 3 is 2.81 bits per heavy atom. The summed E-state index contributed by atoms with van der Waals surface area (Å²) < 4.78 is 28.7. The average molecular weight is 296 g/mol. The van der Waals surface area contributed by atoms with E-state index in [1.807, 2.05) is 6.92 Å². The van der Waals surface area contributed by atoms with Gasteiger partial charge in [-0.05, 0) is 18.6 Å². The van der Waals surface area contributed by atoms with Gasteiger partial charge in [0.25, 0.3) is 5.69 Å². The molecule has 2 rings (SSSR count). The van der Waals surface area contributed by atoms with Gasteiger partial charge in [0.2, 0.25) is 0 Å². The number of benzene rings is 1. The van der Waals surface area contributed by atoms with Gasteiger partial charge in [-0.2, -0.15) is 5.10 Å². The van der Waals surface area contributed by atoms with Crippen molar-refractivity contribution in [1.29, 1.82) is 0 Å². The van der Waals surface area contributed by atoms with Crippen LogP contribution in [-0.2, 0) is 13.1 Å². The Kier molecular flexibility index (Phi) is 4.46. The predicted molar refractivity (Wildman–Crippen MR) is 72.9 cm³/mol. The van der Waals surface area contributed by atoms with E-state index in [0.717, 1.165) is 24.2 Å². The summed E-state index contributed by atoms with van der Waals surface area (Å²) in [6.07, 6.45) is 2.45. The van der Waals surface area contributed by atoms with Crippen molar-refractivity contribution in [3.63, 3.8) is 0 Å². The molecule has 1 heterocycles. The molecule has 0 radical (unpaired) electrons. The number of aromatic nitrogens is 2. The first kappa shape index (κ1) is 14.9. The molecule has 112 valence electrons. The number of halogens is 2. The molecular formula is C13H14F2N4O2. The van der Waals surface area contributed by atoms with Crippen LogP contribution in [0.2, 0.25) is 0 Å². The molecule has 0 saturated heterocycles. The zero-order valence-corrected chi connectivity index (χ0v) is 11.3. The Balaban J connectivity index is 2.25. The molecule has 0 amide bonds. The van der Waals surface area contributed by atoms with E-state index in [4.69, 9.17) is 0 Å². The van der Waals surface area contributed by atoms with Crippen molar-refractivity contribution in [2.24, 2.45) is 0 Å². The molecule has 1 aromatic heterocycles. The number of nitrogens with one attached hydrogen (secondary N) is 1. The normalized spacial score (nSPS) is 10.6. The van der Waals surface area contributed by atoms with Gasteiger partial charge in [-0.1, -0.05) is 6.92 Å². The minimum Gasteiger partial charge on any atom is -0.371 e. The highest BCUT2D eigenvalue weighted by atomic mass is 19.2. The van der Waals surface area contributed by atoms with Crippen molar-refractivity contribution in [3.8, 4) is 0 Å². The van der Waals surface area contributed by atoms with Gasteiger partial charge in [0.1, 0.15) is 0 Å². The number of nitro benzene ring substituents is 1. The first-order chi connectivity index (χ1) is 10.0. The van der Waals surface area contributed by atoms with Gasteiger partial charge >= 0.3 is 0 Å². The summed E-state index contributed by atoms with van der Waals surface area (Å²) in [4.78, 5) is 10.1. The molecule has 21 heavy (non-hydrogen) atoms. The van der Waals surface area contributed by atoms with Crippen LogP contribution in [0.15, 0.2) is 24.4 Å². The van der Waals surface area contributed by atoms with Crippen molar-refractivity contribution in [1.82, 2.24) is 9.78 Å². The van der Waals surface area contributed by atoms with Crippen LogP contribution in [0.25, 0.3) is 0 Å². The average Bonchev–Trinajstić information content (AvgIpc) is 2.88. The van der Waals surface area contributed by atoms with E-state index in [-0.39, 0.29) is 6.54 Å². The summed E-state index contributed by atoms with van der Waals surface area (Å²) in [7, 11) is 0. The fourth-order valence-electron chi connectivity index (χ4n) is 1.96. The third-order valence-corrected chi connectivity index (χ3v) is 2.96. The van der Waals surface area contributed by atoms with E-state index in [0.29, 0.717) is 6.54 Å². The number of aryl methyl sites for hydroxylation is 1. The van der Waals surface area contributed by atoms with Crippen LogP contribution >= 0.6 is 0 Å². The topological polar surface area (TPSA) is 73.0 Å². The van der Waals surface area contributed by atoms with Crippen LogP contribution in [0.4, 0.5) is 20.2 Å². The molecule has 2 aromatic rings. The quantitative estimate of drug-likeness (QED) is 0.656. The number of hydrogen-bond acceptors (Lipinski definition) is 4. The Hall–Kier alpha value is -2.51. The maximum absolute atomic E-state index is 13.7. The van der Waals surface area contributed by atoms with Gasteiger partial charge in [0.15, 0.2) is 17.3 Å². The van der Waals surface area contributed by atoms with E-state index in [1.54, 1.807) is 16.9 Å². The monoisotopic (exact) mass is 296 g/mol. The van der Waals surface area contributed by atoms with Gasteiger partial charge in [-0.25, -0.2) is 8.78 Å². The second-order valence-corrected chi connectivity index (χ2v) is 4.41. The molecule has 0 atom stereocenters. The lowest BCUT2D eigenvalue weighted by Crippen LogP contribution is -2.11. The molecule has 8 heteroatoms. The lowest BCUT2D eigenvalue weighted by atomic mass is 10.2. The molecule has 0 spiro atoms. The van der Waals surface area contributed by atoms with Crippen molar-refractivity contribution >= 4 is 11.4 Å². The summed E-state index contributed by atoms with van der Waals surface area (Å²) in [5.74, 6) is -2.39. The van der Waals surface area contributed by atoms with Crippen LogP contribution in [0.5, 0.6) is 0 Å². The van der Waals surface area contributed by atoms with Crippen molar-refractivity contribution < 1.29 is 13.7 Å². The van der Waals surface area contributed by atoms with E-state index < -0.39 is 27.9 Å². The summed E-state index contributed by atoms with van der Waals surface area (Å²) in [5.41, 5.74) is -0.227. The molecular weight excluding hydrogens is 282 g/mol. The highest BCUT2D eigenvalue weighted by Crippen LogP contribution is 2.29. The van der Waals surface area contributed by atoms with Gasteiger partial charge in [0, 0.05) is 18.8 Å². The smallest absolute Gasteiger partial charge is 0.295 e. The summed E-state index contributed by atoms with van der Waals surface area (Å²) in [6.45, 7) is 2.77. The van der Waals surface area contributed by atoms with Gasteiger partial charge < -0.3 is 5.32 Å². The molecule has 1 aromatic carbocycles. The lowest BCUT2D eigenvalue weighted by Gasteiger charge is -2.10. The molecule has 0 saturated carbocycles. The van der Waals surface area contributed by atoms with Gasteiger partial charge in [-0.3, -0.25) is 14.8 Å². The SMILES string of the molecule is CCCn1nccc1CNc1c([N+](=O)[O-])ccc(F)c1F. The molecule has 0 aliphatic rings. The number of hydrogen-bond donors (Lipinski definition) is 1. The van der Waals surface area contributed by atoms with Crippen molar-refractivity contribution in [2.75, 3.05) is 5.32 Å². The van der Waals surface area contributed by atoms with Crippen molar-refractivity contribution in [2.45, 2.75) is 26.4 Å².